The van der Waals surface area contributed by atoms with Crippen LogP contribution >= 0.6 is 0 Å². The van der Waals surface area contributed by atoms with Crippen molar-refractivity contribution < 1.29 is 22.8 Å². The number of aromatic nitrogens is 3. The summed E-state index contributed by atoms with van der Waals surface area (Å²) in [4.78, 5) is 19.8. The molecule has 1 saturated heterocycles. The van der Waals surface area contributed by atoms with Crippen molar-refractivity contribution in [2.45, 2.75) is 77.5 Å². The number of hydrogen-bond acceptors (Lipinski definition) is 5. The smallest absolute Gasteiger partial charge is 0.227 e. The third-order valence-electron chi connectivity index (χ3n) is 8.14. The highest BCUT2D eigenvalue weighted by Crippen LogP contribution is 2.42. The number of hydrogen-bond donors (Lipinski definition) is 0. The largest absolute Gasteiger partial charge is 0.379 e. The van der Waals surface area contributed by atoms with Crippen LogP contribution < -0.4 is 4.90 Å². The molecule has 39 heavy (non-hydrogen) atoms. The standard InChI is InChI=1S/C30H32F2N4O3/c1-4-38-22-9-6-20(7-10-22)36-26-12-5-19(29-17(2)34-39-18(29)3)15-25(26)33-30(36)27-13-14-28(37)35(27)21-8-11-23(31)24(32)16-21/h5,8,11-12,15-16,20,22,27H,4,6-7,9-10,13-14H2,1-3H3/t20-,22-,27-/m0/s1. The van der Waals surface area contributed by atoms with Gasteiger partial charge in [-0.1, -0.05) is 11.2 Å². The molecule has 1 atom stereocenters. The number of ether oxygens (including phenoxy) is 1. The Balaban J connectivity index is 1.47. The summed E-state index contributed by atoms with van der Waals surface area (Å²) in [6, 6.07) is 9.63. The van der Waals surface area contributed by atoms with E-state index < -0.39 is 11.6 Å². The monoisotopic (exact) mass is 534 g/mol. The molecule has 0 radical (unpaired) electrons. The molecule has 2 aliphatic rings. The lowest BCUT2D eigenvalue weighted by molar-refractivity contribution is -0.117. The van der Waals surface area contributed by atoms with Gasteiger partial charge in [0.2, 0.25) is 5.91 Å². The lowest BCUT2D eigenvalue weighted by Gasteiger charge is -2.32. The molecule has 7 nitrogen and oxygen atoms in total. The summed E-state index contributed by atoms with van der Waals surface area (Å²) in [7, 11) is 0. The number of nitrogens with zero attached hydrogens (tertiary/aromatic N) is 4. The second-order valence-electron chi connectivity index (χ2n) is 10.5. The molecule has 0 unspecified atom stereocenters. The Hall–Kier alpha value is -3.59. The Morgan fingerprint density at radius 1 is 1.03 bits per heavy atom. The van der Waals surface area contributed by atoms with Gasteiger partial charge in [0.1, 0.15) is 11.6 Å². The Morgan fingerprint density at radius 3 is 2.51 bits per heavy atom. The fourth-order valence-corrected chi connectivity index (χ4v) is 6.38. The lowest BCUT2D eigenvalue weighted by Crippen LogP contribution is -2.31. The number of carbonyl (C=O) groups is 1. The first-order chi connectivity index (χ1) is 18.9. The summed E-state index contributed by atoms with van der Waals surface area (Å²) in [6.45, 7) is 6.53. The van der Waals surface area contributed by atoms with Gasteiger partial charge in [-0.05, 0) is 82.7 Å². The van der Waals surface area contributed by atoms with E-state index in [1.165, 1.54) is 6.07 Å². The number of imidazole rings is 1. The maximum atomic E-state index is 14.2. The number of fused-ring (bicyclic) bond motifs is 1. The van der Waals surface area contributed by atoms with E-state index in [-0.39, 0.29) is 24.1 Å². The first kappa shape index (κ1) is 25.7. The average molecular weight is 535 g/mol. The minimum Gasteiger partial charge on any atom is -0.379 e. The van der Waals surface area contributed by atoms with Gasteiger partial charge in [0.15, 0.2) is 11.6 Å². The number of carbonyl (C=O) groups excluding carboxylic acids is 1. The van der Waals surface area contributed by atoms with Gasteiger partial charge in [0.25, 0.3) is 0 Å². The Labute approximate surface area is 225 Å². The Bertz CT molecular complexity index is 1520. The van der Waals surface area contributed by atoms with Crippen LogP contribution in [0.15, 0.2) is 40.9 Å². The number of halogens is 2. The minimum absolute atomic E-state index is 0.124. The van der Waals surface area contributed by atoms with E-state index >= 15 is 0 Å². The van der Waals surface area contributed by atoms with Crippen LogP contribution in [0.3, 0.4) is 0 Å². The van der Waals surface area contributed by atoms with Gasteiger partial charge in [0.05, 0.1) is 28.9 Å². The van der Waals surface area contributed by atoms with Crippen molar-refractivity contribution in [2.24, 2.45) is 0 Å². The molecule has 6 rings (SSSR count). The van der Waals surface area contributed by atoms with E-state index in [2.05, 4.69) is 21.9 Å². The predicted molar refractivity (Wildman–Crippen MR) is 143 cm³/mol. The molecule has 2 aromatic carbocycles. The second-order valence-corrected chi connectivity index (χ2v) is 10.5. The molecule has 9 heteroatoms. The van der Waals surface area contributed by atoms with Crippen molar-refractivity contribution in [3.05, 3.63) is 65.3 Å². The van der Waals surface area contributed by atoms with Crippen LogP contribution in [-0.2, 0) is 9.53 Å². The maximum Gasteiger partial charge on any atom is 0.227 e. The van der Waals surface area contributed by atoms with Crippen molar-refractivity contribution in [2.75, 3.05) is 11.5 Å². The molecular formula is C30H32F2N4O3. The normalized spacial score (nSPS) is 21.8. The zero-order valence-corrected chi connectivity index (χ0v) is 22.4. The van der Waals surface area contributed by atoms with E-state index in [4.69, 9.17) is 14.2 Å². The summed E-state index contributed by atoms with van der Waals surface area (Å²) in [5.74, 6) is -0.519. The first-order valence-corrected chi connectivity index (χ1v) is 13.7. The highest BCUT2D eigenvalue weighted by Gasteiger charge is 2.38. The van der Waals surface area contributed by atoms with Crippen LogP contribution in [0.2, 0.25) is 0 Å². The van der Waals surface area contributed by atoms with E-state index in [0.717, 1.165) is 77.3 Å². The number of rotatable bonds is 6. The van der Waals surface area contributed by atoms with Crippen molar-refractivity contribution >= 4 is 22.6 Å². The SMILES string of the molecule is CCO[C@H]1CC[C@H](n2c([C@@H]3CCC(=O)N3c3ccc(F)c(F)c3)nc3cc(-c4c(C)noc4C)ccc32)CC1. The molecule has 0 bridgehead atoms. The van der Waals surface area contributed by atoms with E-state index in [0.29, 0.717) is 25.1 Å². The topological polar surface area (TPSA) is 73.4 Å². The molecule has 1 aliphatic carbocycles. The number of benzene rings is 2. The number of anilines is 1. The Morgan fingerprint density at radius 2 is 1.82 bits per heavy atom. The highest BCUT2D eigenvalue weighted by atomic mass is 19.2. The first-order valence-electron chi connectivity index (χ1n) is 13.7. The quantitative estimate of drug-likeness (QED) is 0.267. The van der Waals surface area contributed by atoms with E-state index in [1.54, 1.807) is 4.90 Å². The van der Waals surface area contributed by atoms with E-state index in [9.17, 15) is 13.6 Å². The second kappa shape index (κ2) is 10.2. The van der Waals surface area contributed by atoms with Crippen LogP contribution in [-0.4, -0.2) is 33.3 Å². The summed E-state index contributed by atoms with van der Waals surface area (Å²) in [5.41, 5.74) is 4.88. The number of aryl methyl sites for hydroxylation is 2. The fourth-order valence-electron chi connectivity index (χ4n) is 6.38. The molecule has 0 spiro atoms. The molecule has 0 N–H and O–H groups in total. The third kappa shape index (κ3) is 4.52. The molecule has 1 amide bonds. The molecule has 1 aliphatic heterocycles. The lowest BCUT2D eigenvalue weighted by atomic mass is 9.92. The molecule has 2 aromatic heterocycles. The molecule has 2 fully saturated rings. The third-order valence-corrected chi connectivity index (χ3v) is 8.14. The highest BCUT2D eigenvalue weighted by molar-refractivity contribution is 5.96. The van der Waals surface area contributed by atoms with Crippen LogP contribution in [0.25, 0.3) is 22.2 Å². The van der Waals surface area contributed by atoms with Gasteiger partial charge in [-0.15, -0.1) is 0 Å². The molecule has 4 aromatic rings. The van der Waals surface area contributed by atoms with Crippen molar-refractivity contribution in [3.63, 3.8) is 0 Å². The summed E-state index contributed by atoms with van der Waals surface area (Å²) < 4.78 is 41.5. The maximum absolute atomic E-state index is 14.2. The van der Waals surface area contributed by atoms with Gasteiger partial charge in [-0.2, -0.15) is 0 Å². The summed E-state index contributed by atoms with van der Waals surface area (Å²) in [5, 5.41) is 4.11. The average Bonchev–Trinajstić information content (AvgIpc) is 3.60. The van der Waals surface area contributed by atoms with Gasteiger partial charge in [-0.3, -0.25) is 4.79 Å². The van der Waals surface area contributed by atoms with Gasteiger partial charge in [-0.25, -0.2) is 13.8 Å². The number of amides is 1. The van der Waals surface area contributed by atoms with Crippen LogP contribution in [0.1, 0.15) is 74.8 Å². The zero-order valence-electron chi connectivity index (χ0n) is 22.4. The predicted octanol–water partition coefficient (Wildman–Crippen LogP) is 6.97. The fraction of sp³-hybridized carbons (Fsp3) is 0.433. The van der Waals surface area contributed by atoms with Crippen molar-refractivity contribution in [1.82, 2.24) is 14.7 Å². The summed E-state index contributed by atoms with van der Waals surface area (Å²) in [6.07, 6.45) is 4.88. The molecule has 1 saturated carbocycles. The van der Waals surface area contributed by atoms with Gasteiger partial charge < -0.3 is 18.7 Å². The zero-order chi connectivity index (χ0) is 27.3. The van der Waals surface area contributed by atoms with E-state index in [1.807, 2.05) is 26.8 Å². The van der Waals surface area contributed by atoms with Crippen molar-refractivity contribution in [3.8, 4) is 11.1 Å². The van der Waals surface area contributed by atoms with Crippen LogP contribution in [0, 0.1) is 25.5 Å². The summed E-state index contributed by atoms with van der Waals surface area (Å²) >= 11 is 0. The molecule has 3 heterocycles. The van der Waals surface area contributed by atoms with Gasteiger partial charge >= 0.3 is 0 Å². The Kier molecular flexibility index (Phi) is 6.71. The van der Waals surface area contributed by atoms with Crippen molar-refractivity contribution in [1.29, 1.82) is 0 Å². The minimum atomic E-state index is -0.974. The molecule has 204 valence electrons. The van der Waals surface area contributed by atoms with Gasteiger partial charge in [0, 0.05) is 36.4 Å². The molecular weight excluding hydrogens is 502 g/mol. The van der Waals surface area contributed by atoms with Crippen LogP contribution in [0.5, 0.6) is 0 Å². The van der Waals surface area contributed by atoms with Crippen LogP contribution in [0.4, 0.5) is 14.5 Å².